The molecule has 1 aliphatic carbocycles. The molecule has 0 atom stereocenters. The fourth-order valence-electron chi connectivity index (χ4n) is 1.76. The van der Waals surface area contributed by atoms with Gasteiger partial charge in [0.1, 0.15) is 0 Å². The lowest BCUT2D eigenvalue weighted by Crippen LogP contribution is -1.81. The Balaban J connectivity index is 1.88. The highest BCUT2D eigenvalue weighted by Crippen LogP contribution is 2.21. The van der Waals surface area contributed by atoms with E-state index >= 15 is 0 Å². The summed E-state index contributed by atoms with van der Waals surface area (Å²) in [5, 5.41) is 0. The van der Waals surface area contributed by atoms with Crippen LogP contribution in [0.5, 0.6) is 0 Å². The van der Waals surface area contributed by atoms with Crippen molar-refractivity contribution in [1.82, 2.24) is 0 Å². The van der Waals surface area contributed by atoms with Crippen LogP contribution in [0, 0.1) is 6.42 Å². The molecule has 0 N–H and O–H groups in total. The maximum Gasteiger partial charge on any atom is -0.0135 e. The molecular formula is C12H21. The summed E-state index contributed by atoms with van der Waals surface area (Å²) in [5.41, 5.74) is 1.62. The molecule has 0 amide bonds. The van der Waals surface area contributed by atoms with Crippen molar-refractivity contribution in [2.75, 3.05) is 0 Å². The molecule has 0 saturated heterocycles. The monoisotopic (exact) mass is 165 g/mol. The van der Waals surface area contributed by atoms with Crippen LogP contribution in [0.25, 0.3) is 0 Å². The van der Waals surface area contributed by atoms with E-state index in [9.17, 15) is 0 Å². The van der Waals surface area contributed by atoms with Gasteiger partial charge >= 0.3 is 0 Å². The molecule has 0 aromatic rings. The van der Waals surface area contributed by atoms with Crippen LogP contribution < -0.4 is 0 Å². The van der Waals surface area contributed by atoms with Gasteiger partial charge in [-0.05, 0) is 32.1 Å². The predicted molar refractivity (Wildman–Crippen MR) is 55.0 cm³/mol. The van der Waals surface area contributed by atoms with Gasteiger partial charge in [-0.3, -0.25) is 0 Å². The van der Waals surface area contributed by atoms with Crippen LogP contribution in [-0.4, -0.2) is 0 Å². The molecule has 0 unspecified atom stereocenters. The van der Waals surface area contributed by atoms with Gasteiger partial charge in [-0.2, -0.15) is 0 Å². The third-order valence-electron chi connectivity index (χ3n) is 2.55. The standard InChI is InChI=1S/C12H21/c1-2-3-4-5-6-9-12-10-7-8-11-12/h10-11H,2-9H2,1H3. The van der Waals surface area contributed by atoms with Crippen molar-refractivity contribution in [3.8, 4) is 0 Å². The Labute approximate surface area is 77.1 Å². The summed E-state index contributed by atoms with van der Waals surface area (Å²) in [6.07, 6.45) is 15.8. The molecule has 69 valence electrons. The molecule has 0 aromatic carbocycles. The second-order valence-electron chi connectivity index (χ2n) is 3.72. The molecule has 1 radical (unpaired) electrons. The molecule has 0 saturated carbocycles. The van der Waals surface area contributed by atoms with Crippen molar-refractivity contribution in [2.24, 2.45) is 0 Å². The van der Waals surface area contributed by atoms with Crippen LogP contribution in [0.15, 0.2) is 11.6 Å². The fraction of sp³-hybridized carbons (Fsp3) is 0.750. The minimum absolute atomic E-state index is 1.30. The van der Waals surface area contributed by atoms with E-state index in [1.54, 1.807) is 5.57 Å². The van der Waals surface area contributed by atoms with Gasteiger partial charge in [0.15, 0.2) is 0 Å². The molecule has 0 aliphatic heterocycles. The van der Waals surface area contributed by atoms with Gasteiger partial charge in [-0.1, -0.05) is 44.3 Å². The molecule has 1 aliphatic rings. The van der Waals surface area contributed by atoms with Crippen LogP contribution >= 0.6 is 0 Å². The Morgan fingerprint density at radius 2 is 1.92 bits per heavy atom. The highest BCUT2D eigenvalue weighted by molar-refractivity contribution is 5.18. The van der Waals surface area contributed by atoms with Gasteiger partial charge in [-0.25, -0.2) is 0 Å². The zero-order valence-corrected chi connectivity index (χ0v) is 8.31. The maximum absolute atomic E-state index is 2.40. The lowest BCUT2D eigenvalue weighted by molar-refractivity contribution is 0.632. The Bertz CT molecular complexity index is 133. The van der Waals surface area contributed by atoms with Crippen molar-refractivity contribution in [3.63, 3.8) is 0 Å². The molecule has 1 rings (SSSR count). The lowest BCUT2D eigenvalue weighted by Gasteiger charge is -2.00. The third kappa shape index (κ3) is 3.94. The second kappa shape index (κ2) is 6.28. The van der Waals surface area contributed by atoms with Gasteiger partial charge in [0, 0.05) is 0 Å². The van der Waals surface area contributed by atoms with E-state index in [-0.39, 0.29) is 0 Å². The van der Waals surface area contributed by atoms with Gasteiger partial charge < -0.3 is 0 Å². The highest BCUT2D eigenvalue weighted by Gasteiger charge is 2.03. The summed E-state index contributed by atoms with van der Waals surface area (Å²) in [5.74, 6) is 0. The first-order valence-electron chi connectivity index (χ1n) is 5.45. The maximum atomic E-state index is 2.40. The Kier molecular flexibility index (Phi) is 5.14. The summed E-state index contributed by atoms with van der Waals surface area (Å²) in [6, 6.07) is 0. The van der Waals surface area contributed by atoms with Crippen LogP contribution in [-0.2, 0) is 0 Å². The van der Waals surface area contributed by atoms with Crippen LogP contribution in [0.4, 0.5) is 0 Å². The zero-order chi connectivity index (χ0) is 8.65. The summed E-state index contributed by atoms with van der Waals surface area (Å²) < 4.78 is 0. The van der Waals surface area contributed by atoms with Crippen molar-refractivity contribution in [3.05, 3.63) is 18.1 Å². The average Bonchev–Trinajstić information content (AvgIpc) is 2.57. The van der Waals surface area contributed by atoms with E-state index < -0.39 is 0 Å². The van der Waals surface area contributed by atoms with Gasteiger partial charge in [0.05, 0.1) is 0 Å². The van der Waals surface area contributed by atoms with Crippen molar-refractivity contribution in [2.45, 2.75) is 58.3 Å². The molecule has 12 heavy (non-hydrogen) atoms. The lowest BCUT2D eigenvalue weighted by atomic mass is 10.1. The van der Waals surface area contributed by atoms with E-state index in [4.69, 9.17) is 0 Å². The second-order valence-corrected chi connectivity index (χ2v) is 3.72. The Morgan fingerprint density at radius 1 is 1.08 bits per heavy atom. The number of rotatable bonds is 6. The summed E-state index contributed by atoms with van der Waals surface area (Å²) in [7, 11) is 0. The largest absolute Gasteiger partial charge is 0.0850 e. The smallest absolute Gasteiger partial charge is 0.0135 e. The first-order chi connectivity index (χ1) is 5.93. The molecule has 0 heteroatoms. The van der Waals surface area contributed by atoms with Crippen molar-refractivity contribution < 1.29 is 0 Å². The fourth-order valence-corrected chi connectivity index (χ4v) is 1.76. The van der Waals surface area contributed by atoms with Gasteiger partial charge in [0.25, 0.3) is 0 Å². The first kappa shape index (κ1) is 9.83. The quantitative estimate of drug-likeness (QED) is 0.515. The van der Waals surface area contributed by atoms with Crippen molar-refractivity contribution >= 4 is 0 Å². The predicted octanol–water partition coefficient (Wildman–Crippen LogP) is 4.27. The molecule has 0 aromatic heterocycles. The Morgan fingerprint density at radius 3 is 2.58 bits per heavy atom. The molecule has 0 spiro atoms. The molecule has 0 fully saturated rings. The van der Waals surface area contributed by atoms with Crippen LogP contribution in [0.2, 0.25) is 0 Å². The Hall–Kier alpha value is -0.260. The van der Waals surface area contributed by atoms with E-state index in [1.165, 1.54) is 51.4 Å². The number of hydrogen-bond acceptors (Lipinski definition) is 0. The van der Waals surface area contributed by atoms with E-state index in [2.05, 4.69) is 19.4 Å². The van der Waals surface area contributed by atoms with E-state index in [0.29, 0.717) is 0 Å². The number of hydrogen-bond donors (Lipinski definition) is 0. The van der Waals surface area contributed by atoms with E-state index in [1.807, 2.05) is 0 Å². The number of allylic oxidation sites excluding steroid dienone is 2. The van der Waals surface area contributed by atoms with Crippen molar-refractivity contribution in [1.29, 1.82) is 0 Å². The highest BCUT2D eigenvalue weighted by atomic mass is 14.1. The summed E-state index contributed by atoms with van der Waals surface area (Å²) in [6.45, 7) is 2.27. The number of unbranched alkanes of at least 4 members (excludes halogenated alkanes) is 4. The SMILES string of the molecule is CCCCCCCC1=CCC[CH]1. The topological polar surface area (TPSA) is 0 Å². The minimum Gasteiger partial charge on any atom is -0.0850 e. The molecule has 0 bridgehead atoms. The molecule has 0 heterocycles. The molecular weight excluding hydrogens is 144 g/mol. The van der Waals surface area contributed by atoms with Gasteiger partial charge in [0.2, 0.25) is 0 Å². The first-order valence-corrected chi connectivity index (χ1v) is 5.45. The minimum atomic E-state index is 1.30. The van der Waals surface area contributed by atoms with Crippen LogP contribution in [0.1, 0.15) is 58.3 Å². The third-order valence-corrected chi connectivity index (χ3v) is 2.55. The average molecular weight is 165 g/mol. The van der Waals surface area contributed by atoms with Gasteiger partial charge in [-0.15, -0.1) is 0 Å². The van der Waals surface area contributed by atoms with E-state index in [0.717, 1.165) is 0 Å². The van der Waals surface area contributed by atoms with Crippen LogP contribution in [0.3, 0.4) is 0 Å². The molecule has 0 nitrogen and oxygen atoms in total. The zero-order valence-electron chi connectivity index (χ0n) is 8.31. The normalized spacial score (nSPS) is 16.6. The summed E-state index contributed by atoms with van der Waals surface area (Å²) >= 11 is 0. The summed E-state index contributed by atoms with van der Waals surface area (Å²) in [4.78, 5) is 0.